The molecule has 0 unspecified atom stereocenters. The smallest absolute Gasteiger partial charge is 0.250 e. The van der Waals surface area contributed by atoms with Gasteiger partial charge in [-0.2, -0.15) is 0 Å². The van der Waals surface area contributed by atoms with Crippen LogP contribution in [0.15, 0.2) is 64.2 Å². The number of hydrogen-bond acceptors (Lipinski definition) is 6. The van der Waals surface area contributed by atoms with E-state index in [-0.39, 0.29) is 11.7 Å². The van der Waals surface area contributed by atoms with Gasteiger partial charge in [0, 0.05) is 29.2 Å². The van der Waals surface area contributed by atoms with E-state index in [1.165, 1.54) is 0 Å². The van der Waals surface area contributed by atoms with Crippen LogP contribution < -0.4 is 15.2 Å². The molecule has 2 N–H and O–H groups in total. The third-order valence-electron chi connectivity index (χ3n) is 6.81. The molecule has 1 aromatic heterocycles. The maximum atomic E-state index is 12.3. The van der Waals surface area contributed by atoms with Crippen LogP contribution in [0.3, 0.4) is 0 Å². The predicted octanol–water partition coefficient (Wildman–Crippen LogP) is 6.44. The highest BCUT2D eigenvalue weighted by Crippen LogP contribution is 2.38. The second-order valence-electron chi connectivity index (χ2n) is 9.49. The van der Waals surface area contributed by atoms with Crippen molar-refractivity contribution in [1.82, 2.24) is 14.5 Å². The average molecular weight is 616 g/mol. The molecule has 0 spiro atoms. The van der Waals surface area contributed by atoms with Crippen molar-refractivity contribution in [2.45, 2.75) is 36.9 Å². The summed E-state index contributed by atoms with van der Waals surface area (Å²) >= 11 is 14.9. The highest BCUT2D eigenvalue weighted by atomic mass is 79.9. The average Bonchev–Trinajstić information content (AvgIpc) is 3.30. The SMILES string of the molecule is C[C@@H](Oc1cc(-n2cnc3cc(Br)ccc32)cc(C(N)=O)c1S)c1cccc(OC2CCN(C)CC2)c1Cl. The summed E-state index contributed by atoms with van der Waals surface area (Å²) in [6.07, 6.45) is 3.27. The maximum Gasteiger partial charge on any atom is 0.250 e. The number of nitrogens with two attached hydrogens (primary N) is 1. The number of halogens is 2. The molecule has 2 heterocycles. The summed E-state index contributed by atoms with van der Waals surface area (Å²) in [6.45, 7) is 3.89. The Labute approximate surface area is 240 Å². The Balaban J connectivity index is 1.46. The van der Waals surface area contributed by atoms with Crippen molar-refractivity contribution < 1.29 is 14.3 Å². The van der Waals surface area contributed by atoms with Gasteiger partial charge in [0.15, 0.2) is 0 Å². The Morgan fingerprint density at radius 1 is 1.18 bits per heavy atom. The molecule has 1 aliphatic heterocycles. The number of ether oxygens (including phenoxy) is 2. The number of nitrogens with zero attached hydrogens (tertiary/aromatic N) is 3. The minimum absolute atomic E-state index is 0.125. The normalized spacial score (nSPS) is 15.5. The predicted molar refractivity (Wildman–Crippen MR) is 156 cm³/mol. The van der Waals surface area contributed by atoms with E-state index in [0.29, 0.717) is 27.1 Å². The van der Waals surface area contributed by atoms with E-state index in [2.05, 4.69) is 45.5 Å². The summed E-state index contributed by atoms with van der Waals surface area (Å²) < 4.78 is 15.4. The first kappa shape index (κ1) is 26.9. The van der Waals surface area contributed by atoms with Crippen LogP contribution in [0.4, 0.5) is 0 Å². The third-order valence-corrected chi connectivity index (χ3v) is 8.17. The zero-order valence-electron chi connectivity index (χ0n) is 21.0. The number of likely N-dealkylation sites (tertiary alicyclic amines) is 1. The van der Waals surface area contributed by atoms with Gasteiger partial charge in [-0.15, -0.1) is 12.6 Å². The standard InChI is InChI=1S/C28H28BrClN4O3S/c1-16(20-4-3-5-24(26(20)30)37-19-8-10-33(2)11-9-19)36-25-14-18(13-21(27(25)38)28(31)35)34-15-32-22-12-17(29)6-7-23(22)34/h3-7,12-16,19,38H,8-11H2,1-2H3,(H2,31,35)/t16-/m1/s1. The van der Waals surface area contributed by atoms with Crippen LogP contribution in [0.25, 0.3) is 16.7 Å². The second kappa shape index (κ2) is 11.2. The van der Waals surface area contributed by atoms with Gasteiger partial charge < -0.3 is 20.1 Å². The Kier molecular flexibility index (Phi) is 7.90. The van der Waals surface area contributed by atoms with Gasteiger partial charge in [0.1, 0.15) is 30.0 Å². The largest absolute Gasteiger partial charge is 0.489 e. The Morgan fingerprint density at radius 3 is 2.68 bits per heavy atom. The van der Waals surface area contributed by atoms with E-state index in [0.717, 1.165) is 47.0 Å². The molecule has 0 bridgehead atoms. The number of piperidine rings is 1. The molecule has 0 saturated carbocycles. The molecule has 1 atom stereocenters. The molecule has 198 valence electrons. The van der Waals surface area contributed by atoms with Crippen LogP contribution in [-0.4, -0.2) is 46.6 Å². The van der Waals surface area contributed by atoms with Crippen molar-refractivity contribution in [2.24, 2.45) is 5.73 Å². The highest BCUT2D eigenvalue weighted by Gasteiger charge is 2.23. The lowest BCUT2D eigenvalue weighted by atomic mass is 10.1. The number of primary amides is 1. The third kappa shape index (κ3) is 5.52. The molecule has 5 rings (SSSR count). The van der Waals surface area contributed by atoms with Crippen molar-refractivity contribution >= 4 is 57.1 Å². The highest BCUT2D eigenvalue weighted by molar-refractivity contribution is 9.10. The topological polar surface area (TPSA) is 82.6 Å². The molecule has 1 amide bonds. The van der Waals surface area contributed by atoms with Crippen LogP contribution in [0.5, 0.6) is 11.5 Å². The number of hydrogen-bond donors (Lipinski definition) is 2. The molecular weight excluding hydrogens is 588 g/mol. The van der Waals surface area contributed by atoms with Gasteiger partial charge >= 0.3 is 0 Å². The van der Waals surface area contributed by atoms with Gasteiger partial charge in [0.25, 0.3) is 0 Å². The Morgan fingerprint density at radius 2 is 1.95 bits per heavy atom. The Bertz CT molecular complexity index is 1500. The minimum atomic E-state index is -0.604. The van der Waals surface area contributed by atoms with Gasteiger partial charge in [-0.05, 0) is 57.1 Å². The van der Waals surface area contributed by atoms with E-state index in [9.17, 15) is 4.79 Å². The van der Waals surface area contributed by atoms with Crippen LogP contribution in [0, 0.1) is 0 Å². The minimum Gasteiger partial charge on any atom is -0.489 e. The number of thiol groups is 1. The van der Waals surface area contributed by atoms with Crippen LogP contribution in [-0.2, 0) is 0 Å². The van der Waals surface area contributed by atoms with Crippen LogP contribution >= 0.6 is 40.2 Å². The number of fused-ring (bicyclic) bond motifs is 1. The number of benzene rings is 3. The summed E-state index contributed by atoms with van der Waals surface area (Å²) in [5.74, 6) is 0.444. The summed E-state index contributed by atoms with van der Waals surface area (Å²) in [4.78, 5) is 19.5. The molecule has 0 aliphatic carbocycles. The van der Waals surface area contributed by atoms with Crippen LogP contribution in [0.2, 0.25) is 5.02 Å². The first-order valence-electron chi connectivity index (χ1n) is 12.3. The van der Waals surface area contributed by atoms with Crippen molar-refractivity contribution in [3.05, 3.63) is 75.5 Å². The van der Waals surface area contributed by atoms with E-state index < -0.39 is 12.0 Å². The summed E-state index contributed by atoms with van der Waals surface area (Å²) in [5, 5.41) is 0.511. The molecule has 1 fully saturated rings. The molecule has 38 heavy (non-hydrogen) atoms. The molecule has 1 saturated heterocycles. The number of amides is 1. The van der Waals surface area contributed by atoms with Crippen molar-refractivity contribution in [1.29, 1.82) is 0 Å². The lowest BCUT2D eigenvalue weighted by molar-refractivity contribution is 0.0996. The van der Waals surface area contributed by atoms with Crippen LogP contribution in [0.1, 0.15) is 41.8 Å². The zero-order chi connectivity index (χ0) is 27.0. The molecule has 4 aromatic rings. The van der Waals surface area contributed by atoms with E-state index in [1.807, 2.05) is 54.0 Å². The van der Waals surface area contributed by atoms with Gasteiger partial charge in [0.05, 0.1) is 32.2 Å². The monoisotopic (exact) mass is 614 g/mol. The van der Waals surface area contributed by atoms with Crippen molar-refractivity contribution in [3.63, 3.8) is 0 Å². The number of carbonyl (C=O) groups excluding carboxylic acids is 1. The second-order valence-corrected chi connectivity index (χ2v) is 11.2. The zero-order valence-corrected chi connectivity index (χ0v) is 24.3. The molecular formula is C28H28BrClN4O3S. The summed E-state index contributed by atoms with van der Waals surface area (Å²) in [6, 6.07) is 15.0. The van der Waals surface area contributed by atoms with E-state index >= 15 is 0 Å². The fourth-order valence-corrected chi connectivity index (χ4v) is 5.64. The molecule has 1 aliphatic rings. The van der Waals surface area contributed by atoms with Gasteiger partial charge in [-0.3, -0.25) is 9.36 Å². The first-order chi connectivity index (χ1) is 18.2. The maximum absolute atomic E-state index is 12.3. The van der Waals surface area contributed by atoms with Gasteiger partial charge in [0.2, 0.25) is 5.91 Å². The number of imidazole rings is 1. The lowest BCUT2D eigenvalue weighted by Crippen LogP contribution is -2.35. The summed E-state index contributed by atoms with van der Waals surface area (Å²) in [5.41, 5.74) is 9.08. The lowest BCUT2D eigenvalue weighted by Gasteiger charge is -2.30. The van der Waals surface area contributed by atoms with Gasteiger partial charge in [-0.1, -0.05) is 39.7 Å². The van der Waals surface area contributed by atoms with Crippen molar-refractivity contribution in [3.8, 4) is 17.2 Å². The molecule has 10 heteroatoms. The summed E-state index contributed by atoms with van der Waals surface area (Å²) in [7, 11) is 2.12. The quantitative estimate of drug-likeness (QED) is 0.234. The van der Waals surface area contributed by atoms with Gasteiger partial charge in [-0.25, -0.2) is 4.98 Å². The first-order valence-corrected chi connectivity index (χ1v) is 13.9. The number of aromatic nitrogens is 2. The van der Waals surface area contributed by atoms with E-state index in [1.54, 1.807) is 12.4 Å². The van der Waals surface area contributed by atoms with Crippen molar-refractivity contribution in [2.75, 3.05) is 20.1 Å². The molecule has 0 radical (unpaired) electrons. The molecule has 7 nitrogen and oxygen atoms in total. The fraction of sp³-hybridized carbons (Fsp3) is 0.286. The Hall–Kier alpha value is -2.72. The fourth-order valence-electron chi connectivity index (χ4n) is 4.67. The molecule has 3 aromatic carbocycles. The number of rotatable bonds is 7. The van der Waals surface area contributed by atoms with E-state index in [4.69, 9.17) is 26.8 Å². The number of carbonyl (C=O) groups is 1.